The van der Waals surface area contributed by atoms with E-state index in [9.17, 15) is 4.79 Å². The van der Waals surface area contributed by atoms with Crippen LogP contribution < -0.4 is 9.80 Å². The first-order valence-electron chi connectivity index (χ1n) is 12.0. The number of morpholine rings is 1. The van der Waals surface area contributed by atoms with Gasteiger partial charge in [-0.15, -0.1) is 0 Å². The Morgan fingerprint density at radius 2 is 1.77 bits per heavy atom. The largest absolute Gasteiger partial charge is 0.378 e. The number of fused-ring (bicyclic) bond motifs is 1. The summed E-state index contributed by atoms with van der Waals surface area (Å²) in [5.74, 6) is -0.0260. The molecule has 2 aromatic rings. The lowest BCUT2D eigenvalue weighted by atomic mass is 9.88. The summed E-state index contributed by atoms with van der Waals surface area (Å²) in [6.45, 7) is 9.92. The average Bonchev–Trinajstić information content (AvgIpc) is 3.11. The molecule has 0 spiro atoms. The Balaban J connectivity index is 1.37. The number of anilines is 2. The van der Waals surface area contributed by atoms with E-state index in [1.807, 2.05) is 18.2 Å². The van der Waals surface area contributed by atoms with Crippen molar-refractivity contribution in [2.24, 2.45) is 4.99 Å². The Labute approximate surface area is 212 Å². The van der Waals surface area contributed by atoms with Crippen LogP contribution in [0.5, 0.6) is 0 Å². The standard InChI is InChI=1S/C28H32N4O2S/c1-19-18-28(2,3)31(5)24-11-6-20(16-23(19)24)17-25-26(33)30(4)27(35-25)29-21-7-9-22(10-8-21)32-12-14-34-15-13-32/h6-11,16-18H,12-15H2,1-5H3/b25-17-,29-27?. The maximum Gasteiger partial charge on any atom is 0.266 e. The summed E-state index contributed by atoms with van der Waals surface area (Å²) in [5, 5.41) is 0.691. The highest BCUT2D eigenvalue weighted by Crippen LogP contribution is 2.39. The average molecular weight is 489 g/mol. The molecule has 0 N–H and O–H groups in total. The molecular weight excluding hydrogens is 456 g/mol. The second-order valence-corrected chi connectivity index (χ2v) is 10.8. The number of ether oxygens (including phenoxy) is 1. The monoisotopic (exact) mass is 488 g/mol. The molecule has 0 unspecified atom stereocenters. The fraction of sp³-hybridized carbons (Fsp3) is 0.357. The smallest absolute Gasteiger partial charge is 0.266 e. The second-order valence-electron chi connectivity index (χ2n) is 9.80. The zero-order chi connectivity index (χ0) is 24.7. The molecule has 0 saturated carbocycles. The fourth-order valence-corrected chi connectivity index (χ4v) is 5.73. The fourth-order valence-electron chi connectivity index (χ4n) is 4.74. The Morgan fingerprint density at radius 3 is 2.49 bits per heavy atom. The number of rotatable bonds is 3. The third-order valence-electron chi connectivity index (χ3n) is 6.99. The van der Waals surface area contributed by atoms with Crippen LogP contribution in [-0.4, -0.2) is 61.9 Å². The molecule has 3 aliphatic rings. The highest BCUT2D eigenvalue weighted by Gasteiger charge is 2.31. The summed E-state index contributed by atoms with van der Waals surface area (Å²) in [7, 11) is 3.91. The van der Waals surface area contributed by atoms with Crippen molar-refractivity contribution in [2.45, 2.75) is 26.3 Å². The van der Waals surface area contributed by atoms with E-state index in [2.05, 4.69) is 74.0 Å². The van der Waals surface area contributed by atoms with Crippen LogP contribution in [0, 0.1) is 0 Å². The summed E-state index contributed by atoms with van der Waals surface area (Å²) in [6, 6.07) is 14.6. The van der Waals surface area contributed by atoms with Crippen LogP contribution in [0.4, 0.5) is 17.1 Å². The minimum absolute atomic E-state index is 0.0250. The van der Waals surface area contributed by atoms with Crippen molar-refractivity contribution in [2.75, 3.05) is 50.2 Å². The van der Waals surface area contributed by atoms with Crippen LogP contribution in [0.1, 0.15) is 31.9 Å². The van der Waals surface area contributed by atoms with E-state index in [-0.39, 0.29) is 11.4 Å². The third-order valence-corrected chi connectivity index (χ3v) is 8.05. The molecule has 7 heteroatoms. The van der Waals surface area contributed by atoms with Gasteiger partial charge in [0.25, 0.3) is 5.91 Å². The summed E-state index contributed by atoms with van der Waals surface area (Å²) in [5.41, 5.74) is 6.68. The van der Waals surface area contributed by atoms with E-state index in [4.69, 9.17) is 9.73 Å². The number of likely N-dealkylation sites (N-methyl/N-ethyl adjacent to an activating group) is 2. The maximum absolute atomic E-state index is 13.0. The predicted octanol–water partition coefficient (Wildman–Crippen LogP) is 5.39. The number of thioether (sulfide) groups is 1. The van der Waals surface area contributed by atoms with E-state index in [1.165, 1.54) is 34.3 Å². The zero-order valence-corrected chi connectivity index (χ0v) is 21.9. The lowest BCUT2D eigenvalue weighted by molar-refractivity contribution is -0.121. The lowest BCUT2D eigenvalue weighted by Crippen LogP contribution is -2.42. The van der Waals surface area contributed by atoms with E-state index in [0.29, 0.717) is 10.1 Å². The molecule has 5 rings (SSSR count). The van der Waals surface area contributed by atoms with E-state index in [1.54, 1.807) is 11.9 Å². The van der Waals surface area contributed by atoms with Crippen LogP contribution in [0.2, 0.25) is 0 Å². The molecule has 35 heavy (non-hydrogen) atoms. The molecule has 0 aromatic heterocycles. The van der Waals surface area contributed by atoms with Crippen LogP contribution in [0.25, 0.3) is 11.6 Å². The highest BCUT2D eigenvalue weighted by atomic mass is 32.2. The van der Waals surface area contributed by atoms with Gasteiger partial charge in [0.15, 0.2) is 5.17 Å². The summed E-state index contributed by atoms with van der Waals surface area (Å²) in [6.07, 6.45) is 4.27. The highest BCUT2D eigenvalue weighted by molar-refractivity contribution is 8.18. The Morgan fingerprint density at radius 1 is 1.06 bits per heavy atom. The number of allylic oxidation sites excluding steroid dienone is 1. The summed E-state index contributed by atoms with van der Waals surface area (Å²) >= 11 is 1.42. The second kappa shape index (κ2) is 9.21. The lowest BCUT2D eigenvalue weighted by Gasteiger charge is -2.40. The molecule has 3 heterocycles. The van der Waals surface area contributed by atoms with E-state index in [0.717, 1.165) is 37.6 Å². The first kappa shape index (κ1) is 23.7. The normalized spacial score (nSPS) is 22.1. The summed E-state index contributed by atoms with van der Waals surface area (Å²) in [4.78, 5) is 24.7. The number of carbonyl (C=O) groups excluding carboxylic acids is 1. The summed E-state index contributed by atoms with van der Waals surface area (Å²) < 4.78 is 5.44. The van der Waals surface area contributed by atoms with Crippen molar-refractivity contribution >= 4 is 51.5 Å². The molecule has 0 bridgehead atoms. The quantitative estimate of drug-likeness (QED) is 0.542. The van der Waals surface area contributed by atoms with Gasteiger partial charge in [-0.1, -0.05) is 12.1 Å². The van der Waals surface area contributed by atoms with Crippen molar-refractivity contribution in [3.8, 4) is 0 Å². The number of benzene rings is 2. The third kappa shape index (κ3) is 4.62. The van der Waals surface area contributed by atoms with Crippen LogP contribution in [0.3, 0.4) is 0 Å². The number of nitrogens with zero attached hydrogens (tertiary/aromatic N) is 4. The number of hydrogen-bond acceptors (Lipinski definition) is 6. The van der Waals surface area contributed by atoms with Gasteiger partial charge in [0.2, 0.25) is 0 Å². The zero-order valence-electron chi connectivity index (χ0n) is 21.0. The molecule has 2 aromatic carbocycles. The van der Waals surface area contributed by atoms with Crippen molar-refractivity contribution in [1.29, 1.82) is 0 Å². The van der Waals surface area contributed by atoms with Gasteiger partial charge < -0.3 is 14.5 Å². The number of hydrogen-bond donors (Lipinski definition) is 0. The molecular formula is C28H32N4O2S. The number of carbonyl (C=O) groups is 1. The van der Waals surface area contributed by atoms with Gasteiger partial charge in [-0.05, 0) is 86.1 Å². The van der Waals surface area contributed by atoms with Gasteiger partial charge in [-0.3, -0.25) is 9.69 Å². The molecule has 0 aliphatic carbocycles. The van der Waals surface area contributed by atoms with Crippen LogP contribution >= 0.6 is 11.8 Å². The van der Waals surface area contributed by atoms with Crippen molar-refractivity contribution in [1.82, 2.24) is 4.90 Å². The van der Waals surface area contributed by atoms with Crippen molar-refractivity contribution < 1.29 is 9.53 Å². The Bertz CT molecular complexity index is 1240. The molecule has 6 nitrogen and oxygen atoms in total. The van der Waals surface area contributed by atoms with Gasteiger partial charge in [0.1, 0.15) is 0 Å². The molecule has 2 saturated heterocycles. The van der Waals surface area contributed by atoms with E-state index < -0.39 is 0 Å². The number of aliphatic imine (C=N–C) groups is 1. The van der Waals surface area contributed by atoms with Gasteiger partial charge in [-0.2, -0.15) is 0 Å². The minimum atomic E-state index is -0.0260. The molecule has 0 radical (unpaired) electrons. The van der Waals surface area contributed by atoms with Gasteiger partial charge in [-0.25, -0.2) is 4.99 Å². The maximum atomic E-state index is 13.0. The number of amidine groups is 1. The predicted molar refractivity (Wildman–Crippen MR) is 147 cm³/mol. The first-order valence-corrected chi connectivity index (χ1v) is 12.8. The Kier molecular flexibility index (Phi) is 6.23. The van der Waals surface area contributed by atoms with Crippen LogP contribution in [-0.2, 0) is 9.53 Å². The van der Waals surface area contributed by atoms with Crippen molar-refractivity contribution in [3.63, 3.8) is 0 Å². The van der Waals surface area contributed by atoms with Crippen LogP contribution in [0.15, 0.2) is 58.4 Å². The topological polar surface area (TPSA) is 48.4 Å². The molecule has 2 fully saturated rings. The van der Waals surface area contributed by atoms with Gasteiger partial charge in [0, 0.05) is 44.1 Å². The molecule has 0 atom stereocenters. The number of amides is 1. The molecule has 182 valence electrons. The van der Waals surface area contributed by atoms with Gasteiger partial charge in [0.05, 0.1) is 29.3 Å². The molecule has 3 aliphatic heterocycles. The van der Waals surface area contributed by atoms with Crippen molar-refractivity contribution in [3.05, 3.63) is 64.6 Å². The SMILES string of the molecule is CC1=CC(C)(C)N(C)c2ccc(/C=C3\SC(=Nc4ccc(N5CCOCC5)cc4)N(C)C3=O)cc21. The first-order chi connectivity index (χ1) is 16.7. The minimum Gasteiger partial charge on any atom is -0.378 e. The van der Waals surface area contributed by atoms with E-state index >= 15 is 0 Å². The van der Waals surface area contributed by atoms with Gasteiger partial charge >= 0.3 is 0 Å². The molecule has 1 amide bonds. The Hall–Kier alpha value is -3.03.